The maximum absolute atomic E-state index is 12.8. The van der Waals surface area contributed by atoms with Crippen molar-refractivity contribution in [1.82, 2.24) is 19.4 Å². The number of aryl methyl sites for hydroxylation is 1. The predicted molar refractivity (Wildman–Crippen MR) is 117 cm³/mol. The summed E-state index contributed by atoms with van der Waals surface area (Å²) in [5.74, 6) is 5.57. The van der Waals surface area contributed by atoms with Crippen molar-refractivity contribution in [2.45, 2.75) is 45.3 Å². The lowest BCUT2D eigenvalue weighted by atomic mass is 10.0. The van der Waals surface area contributed by atoms with Gasteiger partial charge >= 0.3 is 11.8 Å². The SMILES string of the molecule is Cn1c(=O)n(C2CCC(=O)NC2=O)c2ccc(C#CC3CN(C(=O)OC(C)(C)C)C3)cc21. The first-order chi connectivity index (χ1) is 15.0. The van der Waals surface area contributed by atoms with E-state index >= 15 is 0 Å². The van der Waals surface area contributed by atoms with Crippen LogP contribution in [0.25, 0.3) is 11.0 Å². The Morgan fingerprint density at radius 3 is 2.53 bits per heavy atom. The van der Waals surface area contributed by atoms with Gasteiger partial charge in [-0.15, -0.1) is 0 Å². The second kappa shape index (κ2) is 7.86. The number of imide groups is 1. The van der Waals surface area contributed by atoms with Gasteiger partial charge in [0.1, 0.15) is 11.6 Å². The van der Waals surface area contributed by atoms with Crippen LogP contribution >= 0.6 is 0 Å². The molecule has 0 bridgehead atoms. The van der Waals surface area contributed by atoms with Crippen molar-refractivity contribution in [3.05, 3.63) is 34.2 Å². The molecule has 3 heterocycles. The van der Waals surface area contributed by atoms with Crippen LogP contribution in [0.2, 0.25) is 0 Å². The lowest BCUT2D eigenvalue weighted by Crippen LogP contribution is -2.51. The van der Waals surface area contributed by atoms with E-state index in [1.165, 1.54) is 9.13 Å². The van der Waals surface area contributed by atoms with Crippen molar-refractivity contribution >= 4 is 28.9 Å². The molecule has 9 heteroatoms. The van der Waals surface area contributed by atoms with E-state index in [0.29, 0.717) is 30.5 Å². The molecule has 2 aliphatic rings. The summed E-state index contributed by atoms with van der Waals surface area (Å²) >= 11 is 0. The zero-order valence-electron chi connectivity index (χ0n) is 18.6. The van der Waals surface area contributed by atoms with E-state index in [9.17, 15) is 19.2 Å². The molecule has 1 unspecified atom stereocenters. The third-order valence-electron chi connectivity index (χ3n) is 5.56. The fraction of sp³-hybridized carbons (Fsp3) is 0.478. The Bertz CT molecular complexity index is 1230. The standard InChI is InChI=1S/C23H26N4O5/c1-23(2,3)32-22(31)26-12-15(13-26)6-5-14-7-8-16-18(11-14)25(4)21(30)27(16)17-9-10-19(28)24-20(17)29/h7-8,11,15,17H,9-10,12-13H2,1-4H3,(H,24,28,29). The molecular weight excluding hydrogens is 412 g/mol. The number of carbonyl (C=O) groups excluding carboxylic acids is 3. The molecule has 2 aliphatic heterocycles. The van der Waals surface area contributed by atoms with Gasteiger partial charge in [-0.25, -0.2) is 9.59 Å². The minimum atomic E-state index is -0.713. The summed E-state index contributed by atoms with van der Waals surface area (Å²) in [6.07, 6.45) is 0.160. The lowest BCUT2D eigenvalue weighted by Gasteiger charge is -2.37. The van der Waals surface area contributed by atoms with Crippen molar-refractivity contribution in [2.24, 2.45) is 13.0 Å². The highest BCUT2D eigenvalue weighted by Gasteiger charge is 2.33. The first-order valence-electron chi connectivity index (χ1n) is 10.6. The molecule has 2 fully saturated rings. The van der Waals surface area contributed by atoms with Crippen LogP contribution in [0.3, 0.4) is 0 Å². The largest absolute Gasteiger partial charge is 0.444 e. The van der Waals surface area contributed by atoms with Gasteiger partial charge in [0.15, 0.2) is 0 Å². The normalized spacial score (nSPS) is 19.2. The zero-order valence-corrected chi connectivity index (χ0v) is 18.6. The van der Waals surface area contributed by atoms with E-state index in [4.69, 9.17) is 4.74 Å². The van der Waals surface area contributed by atoms with Gasteiger partial charge < -0.3 is 9.64 Å². The highest BCUT2D eigenvalue weighted by atomic mass is 16.6. The average Bonchev–Trinajstić information content (AvgIpc) is 2.90. The molecule has 0 radical (unpaired) electrons. The second-order valence-electron chi connectivity index (χ2n) is 9.23. The molecule has 168 valence electrons. The second-order valence-corrected chi connectivity index (χ2v) is 9.23. The van der Waals surface area contributed by atoms with Gasteiger partial charge in [0.05, 0.1) is 17.0 Å². The van der Waals surface area contributed by atoms with Crippen molar-refractivity contribution < 1.29 is 19.1 Å². The Kier molecular flexibility index (Phi) is 5.33. The number of amides is 3. The van der Waals surface area contributed by atoms with Crippen LogP contribution in [0, 0.1) is 17.8 Å². The summed E-state index contributed by atoms with van der Waals surface area (Å²) < 4.78 is 8.28. The molecule has 0 saturated carbocycles. The molecule has 1 aromatic carbocycles. The Balaban J connectivity index is 1.51. The quantitative estimate of drug-likeness (QED) is 0.537. The molecule has 32 heavy (non-hydrogen) atoms. The smallest absolute Gasteiger partial charge is 0.410 e. The molecule has 3 amide bonds. The van der Waals surface area contributed by atoms with Crippen LogP contribution in [0.1, 0.15) is 45.2 Å². The van der Waals surface area contributed by atoms with E-state index in [1.807, 2.05) is 32.9 Å². The third-order valence-corrected chi connectivity index (χ3v) is 5.56. The summed E-state index contributed by atoms with van der Waals surface area (Å²) in [6.45, 7) is 6.54. The number of aromatic nitrogens is 2. The van der Waals surface area contributed by atoms with Gasteiger partial charge in [0.2, 0.25) is 11.8 Å². The fourth-order valence-corrected chi connectivity index (χ4v) is 3.90. The predicted octanol–water partition coefficient (Wildman–Crippen LogP) is 1.54. The summed E-state index contributed by atoms with van der Waals surface area (Å²) in [5.41, 5.74) is 1.19. The van der Waals surface area contributed by atoms with E-state index in [2.05, 4.69) is 17.2 Å². The molecule has 1 N–H and O–H groups in total. The molecular formula is C23H26N4O5. The van der Waals surface area contributed by atoms with Gasteiger partial charge in [0.25, 0.3) is 0 Å². The fourth-order valence-electron chi connectivity index (χ4n) is 3.90. The Morgan fingerprint density at radius 2 is 1.88 bits per heavy atom. The molecule has 4 rings (SSSR count). The number of likely N-dealkylation sites (tertiary alicyclic amines) is 1. The molecule has 1 atom stereocenters. The monoisotopic (exact) mass is 438 g/mol. The summed E-state index contributed by atoms with van der Waals surface area (Å²) in [4.78, 5) is 50.2. The van der Waals surface area contributed by atoms with Gasteiger partial charge in [-0.1, -0.05) is 11.8 Å². The van der Waals surface area contributed by atoms with Crippen LogP contribution in [0.15, 0.2) is 23.0 Å². The summed E-state index contributed by atoms with van der Waals surface area (Å²) in [6, 6.07) is 4.69. The Labute approximate surface area is 185 Å². The number of imidazole rings is 1. The molecule has 9 nitrogen and oxygen atoms in total. The number of benzene rings is 1. The number of fused-ring (bicyclic) bond motifs is 1. The summed E-state index contributed by atoms with van der Waals surface area (Å²) in [5, 5.41) is 2.30. The number of nitrogens with one attached hydrogen (secondary N) is 1. The number of ether oxygens (including phenoxy) is 1. The topological polar surface area (TPSA) is 103 Å². The van der Waals surface area contributed by atoms with E-state index in [0.717, 1.165) is 5.56 Å². The molecule has 0 aliphatic carbocycles. The average molecular weight is 438 g/mol. The maximum atomic E-state index is 12.8. The van der Waals surface area contributed by atoms with Crippen LogP contribution in [0.5, 0.6) is 0 Å². The minimum Gasteiger partial charge on any atom is -0.444 e. The van der Waals surface area contributed by atoms with Gasteiger partial charge in [-0.2, -0.15) is 0 Å². The van der Waals surface area contributed by atoms with E-state index in [-0.39, 0.29) is 30.0 Å². The highest BCUT2D eigenvalue weighted by molar-refractivity contribution is 6.00. The lowest BCUT2D eigenvalue weighted by molar-refractivity contribution is -0.135. The van der Waals surface area contributed by atoms with Crippen molar-refractivity contribution in [3.63, 3.8) is 0 Å². The highest BCUT2D eigenvalue weighted by Crippen LogP contribution is 2.24. The Morgan fingerprint density at radius 1 is 1.16 bits per heavy atom. The number of piperidine rings is 1. The third kappa shape index (κ3) is 4.13. The summed E-state index contributed by atoms with van der Waals surface area (Å²) in [7, 11) is 1.65. The van der Waals surface area contributed by atoms with Gasteiger partial charge in [-0.3, -0.25) is 24.0 Å². The molecule has 1 aromatic heterocycles. The molecule has 2 aromatic rings. The van der Waals surface area contributed by atoms with Crippen molar-refractivity contribution in [1.29, 1.82) is 0 Å². The van der Waals surface area contributed by atoms with Gasteiger partial charge in [-0.05, 0) is 45.4 Å². The molecule has 0 spiro atoms. The van der Waals surface area contributed by atoms with Gasteiger partial charge in [0, 0.05) is 32.1 Å². The number of carbonyl (C=O) groups is 3. The minimum absolute atomic E-state index is 0.0649. The zero-order chi connectivity index (χ0) is 23.2. The van der Waals surface area contributed by atoms with E-state index < -0.39 is 17.6 Å². The molecule has 2 saturated heterocycles. The number of hydrogen-bond donors (Lipinski definition) is 1. The number of hydrogen-bond acceptors (Lipinski definition) is 5. The van der Waals surface area contributed by atoms with Crippen LogP contribution in [0.4, 0.5) is 4.79 Å². The van der Waals surface area contributed by atoms with Crippen LogP contribution in [-0.2, 0) is 21.4 Å². The number of rotatable bonds is 1. The van der Waals surface area contributed by atoms with Crippen molar-refractivity contribution in [2.75, 3.05) is 13.1 Å². The first-order valence-corrected chi connectivity index (χ1v) is 10.6. The first kappa shape index (κ1) is 21.7. The van der Waals surface area contributed by atoms with Crippen LogP contribution in [-0.4, -0.2) is 50.6 Å². The van der Waals surface area contributed by atoms with Crippen molar-refractivity contribution in [3.8, 4) is 11.8 Å². The maximum Gasteiger partial charge on any atom is 0.410 e. The van der Waals surface area contributed by atoms with E-state index in [1.54, 1.807) is 18.0 Å². The van der Waals surface area contributed by atoms with Crippen LogP contribution < -0.4 is 11.0 Å². The Hall–Kier alpha value is -3.54. The number of nitrogens with zero attached hydrogens (tertiary/aromatic N) is 3.